The number of anilines is 2. The molecule has 3 aromatic rings. The van der Waals surface area contributed by atoms with Crippen LogP contribution in [0.25, 0.3) is 10.8 Å². The summed E-state index contributed by atoms with van der Waals surface area (Å²) in [7, 11) is 0. The van der Waals surface area contributed by atoms with Crippen molar-refractivity contribution in [3.05, 3.63) is 71.8 Å². The molecular weight excluding hydrogens is 398 g/mol. The average molecular weight is 444 g/mol. The first kappa shape index (κ1) is 25.3. The highest BCUT2D eigenvalue weighted by Crippen LogP contribution is 2.30. The Morgan fingerprint density at radius 3 is 1.85 bits per heavy atom. The van der Waals surface area contributed by atoms with Crippen molar-refractivity contribution < 1.29 is 0 Å². The van der Waals surface area contributed by atoms with E-state index in [0.29, 0.717) is 0 Å². The van der Waals surface area contributed by atoms with Crippen molar-refractivity contribution in [1.29, 1.82) is 0 Å². The predicted molar refractivity (Wildman–Crippen MR) is 148 cm³/mol. The van der Waals surface area contributed by atoms with Crippen LogP contribution < -0.4 is 5.32 Å². The zero-order chi connectivity index (χ0) is 23.1. The average Bonchev–Trinajstić information content (AvgIpc) is 2.85. The van der Waals surface area contributed by atoms with Gasteiger partial charge in [-0.1, -0.05) is 121 Å². The lowest BCUT2D eigenvalue weighted by Gasteiger charge is -2.16. The van der Waals surface area contributed by atoms with Crippen molar-refractivity contribution in [3.63, 3.8) is 0 Å². The van der Waals surface area contributed by atoms with E-state index in [-0.39, 0.29) is 0 Å². The Morgan fingerprint density at radius 1 is 0.545 bits per heavy atom. The Bertz CT molecular complexity index is 925. The molecule has 0 amide bonds. The quantitative estimate of drug-likeness (QED) is 0.217. The maximum Gasteiger partial charge on any atom is 0.0423 e. The maximum absolute atomic E-state index is 3.74. The summed E-state index contributed by atoms with van der Waals surface area (Å²) in [5.74, 6) is 0. The minimum atomic E-state index is 1.14. The van der Waals surface area contributed by atoms with E-state index >= 15 is 0 Å². The van der Waals surface area contributed by atoms with E-state index in [1.54, 1.807) is 0 Å². The molecule has 0 heterocycles. The topological polar surface area (TPSA) is 12.0 Å². The molecule has 178 valence electrons. The van der Waals surface area contributed by atoms with E-state index < -0.39 is 0 Å². The zero-order valence-electron chi connectivity index (χ0n) is 21.2. The predicted octanol–water partition coefficient (Wildman–Crippen LogP) is 10.4. The van der Waals surface area contributed by atoms with Crippen molar-refractivity contribution in [2.24, 2.45) is 0 Å². The molecule has 3 aromatic carbocycles. The van der Waals surface area contributed by atoms with Gasteiger partial charge in [0.25, 0.3) is 0 Å². The highest BCUT2D eigenvalue weighted by molar-refractivity contribution is 5.91. The monoisotopic (exact) mass is 443 g/mol. The molecule has 0 aliphatic rings. The molecule has 0 saturated carbocycles. The molecule has 33 heavy (non-hydrogen) atoms. The first-order valence-electron chi connectivity index (χ1n) is 13.7. The van der Waals surface area contributed by atoms with Crippen molar-refractivity contribution in [3.8, 4) is 0 Å². The standard InChI is InChI=1S/C32H45N/c1-3-5-7-9-11-13-17-27-21-24-29(25-22-27)33-32-26-23-28-18-15-16-19-30(28)31(32)20-14-12-10-8-6-4-2/h15-16,18-19,21-26,33H,3-14,17,20H2,1-2H3. The highest BCUT2D eigenvalue weighted by Gasteiger charge is 2.08. The van der Waals surface area contributed by atoms with Crippen LogP contribution in [0.1, 0.15) is 102 Å². The highest BCUT2D eigenvalue weighted by atomic mass is 14.9. The minimum absolute atomic E-state index is 1.14. The fraction of sp³-hybridized carbons (Fsp3) is 0.500. The first-order valence-corrected chi connectivity index (χ1v) is 13.7. The summed E-state index contributed by atoms with van der Waals surface area (Å²) in [5, 5.41) is 6.49. The second-order valence-electron chi connectivity index (χ2n) is 9.67. The van der Waals surface area contributed by atoms with Crippen LogP contribution in [0.3, 0.4) is 0 Å². The van der Waals surface area contributed by atoms with E-state index in [2.05, 4.69) is 79.8 Å². The zero-order valence-corrected chi connectivity index (χ0v) is 21.2. The molecule has 0 radical (unpaired) electrons. The number of unbranched alkanes of at least 4 members (excludes halogenated alkanes) is 10. The van der Waals surface area contributed by atoms with Gasteiger partial charge in [-0.15, -0.1) is 0 Å². The van der Waals surface area contributed by atoms with E-state index in [0.717, 1.165) is 6.42 Å². The summed E-state index contributed by atoms with van der Waals surface area (Å²) in [4.78, 5) is 0. The molecule has 0 saturated heterocycles. The lowest BCUT2D eigenvalue weighted by molar-refractivity contribution is 0.607. The summed E-state index contributed by atoms with van der Waals surface area (Å²) in [5.41, 5.74) is 5.40. The lowest BCUT2D eigenvalue weighted by atomic mass is 9.97. The number of hydrogen-bond acceptors (Lipinski definition) is 1. The molecule has 0 spiro atoms. The minimum Gasteiger partial charge on any atom is -0.355 e. The summed E-state index contributed by atoms with van der Waals surface area (Å²) in [6.45, 7) is 4.57. The maximum atomic E-state index is 3.74. The van der Waals surface area contributed by atoms with Gasteiger partial charge in [-0.05, 0) is 65.8 Å². The fourth-order valence-electron chi connectivity index (χ4n) is 4.82. The van der Waals surface area contributed by atoms with Crippen molar-refractivity contribution in [2.45, 2.75) is 104 Å². The third-order valence-electron chi connectivity index (χ3n) is 6.87. The molecule has 0 fully saturated rings. The number of rotatable bonds is 16. The van der Waals surface area contributed by atoms with Crippen LogP contribution >= 0.6 is 0 Å². The molecular formula is C32H45N. The van der Waals surface area contributed by atoms with Gasteiger partial charge in [0.05, 0.1) is 0 Å². The molecule has 1 N–H and O–H groups in total. The van der Waals surface area contributed by atoms with E-state index in [1.807, 2.05) is 0 Å². The largest absolute Gasteiger partial charge is 0.355 e. The van der Waals surface area contributed by atoms with E-state index in [9.17, 15) is 0 Å². The summed E-state index contributed by atoms with van der Waals surface area (Å²) in [6, 6.07) is 22.5. The van der Waals surface area contributed by atoms with Crippen LogP contribution in [0.4, 0.5) is 11.4 Å². The Morgan fingerprint density at radius 2 is 1.15 bits per heavy atom. The van der Waals surface area contributed by atoms with Crippen molar-refractivity contribution >= 4 is 22.1 Å². The summed E-state index contributed by atoms with van der Waals surface area (Å²) >= 11 is 0. The van der Waals surface area contributed by atoms with Gasteiger partial charge in [0, 0.05) is 11.4 Å². The first-order chi connectivity index (χ1) is 16.3. The van der Waals surface area contributed by atoms with Crippen LogP contribution in [0.15, 0.2) is 60.7 Å². The molecule has 0 unspecified atom stereocenters. The Hall–Kier alpha value is -2.28. The number of aryl methyl sites for hydroxylation is 2. The molecule has 1 heteroatoms. The molecule has 0 atom stereocenters. The normalized spacial score (nSPS) is 11.2. The van der Waals surface area contributed by atoms with Crippen LogP contribution in [-0.4, -0.2) is 0 Å². The van der Waals surface area contributed by atoms with Gasteiger partial charge in [-0.3, -0.25) is 0 Å². The third-order valence-corrected chi connectivity index (χ3v) is 6.87. The smallest absolute Gasteiger partial charge is 0.0423 e. The van der Waals surface area contributed by atoms with Gasteiger partial charge in [0.15, 0.2) is 0 Å². The lowest BCUT2D eigenvalue weighted by Crippen LogP contribution is -1.98. The second kappa shape index (κ2) is 14.8. The molecule has 1 nitrogen and oxygen atoms in total. The molecule has 3 rings (SSSR count). The Kier molecular flexibility index (Phi) is 11.4. The molecule has 0 aromatic heterocycles. The fourth-order valence-corrected chi connectivity index (χ4v) is 4.82. The van der Waals surface area contributed by atoms with Gasteiger partial charge in [0.1, 0.15) is 0 Å². The molecule has 0 aliphatic heterocycles. The summed E-state index contributed by atoms with van der Waals surface area (Å²) in [6.07, 6.45) is 18.5. The van der Waals surface area contributed by atoms with Gasteiger partial charge < -0.3 is 5.32 Å². The van der Waals surface area contributed by atoms with Crippen LogP contribution in [0.5, 0.6) is 0 Å². The molecule has 0 bridgehead atoms. The van der Waals surface area contributed by atoms with Crippen LogP contribution in [0, 0.1) is 0 Å². The molecule has 0 aliphatic carbocycles. The third kappa shape index (κ3) is 8.54. The number of hydrogen-bond donors (Lipinski definition) is 1. The Balaban J connectivity index is 1.60. The van der Waals surface area contributed by atoms with Gasteiger partial charge in [-0.25, -0.2) is 0 Å². The van der Waals surface area contributed by atoms with Gasteiger partial charge >= 0.3 is 0 Å². The van der Waals surface area contributed by atoms with Crippen molar-refractivity contribution in [2.75, 3.05) is 5.32 Å². The Labute approximate surface area is 203 Å². The van der Waals surface area contributed by atoms with Crippen LogP contribution in [0.2, 0.25) is 0 Å². The summed E-state index contributed by atoms with van der Waals surface area (Å²) < 4.78 is 0. The van der Waals surface area contributed by atoms with Gasteiger partial charge in [-0.2, -0.15) is 0 Å². The van der Waals surface area contributed by atoms with E-state index in [4.69, 9.17) is 0 Å². The van der Waals surface area contributed by atoms with E-state index in [1.165, 1.54) is 117 Å². The van der Waals surface area contributed by atoms with Gasteiger partial charge in [0.2, 0.25) is 0 Å². The number of fused-ring (bicyclic) bond motifs is 1. The second-order valence-corrected chi connectivity index (χ2v) is 9.67. The number of benzene rings is 3. The van der Waals surface area contributed by atoms with Crippen LogP contribution in [-0.2, 0) is 12.8 Å². The van der Waals surface area contributed by atoms with Crippen molar-refractivity contribution in [1.82, 2.24) is 0 Å². The number of nitrogens with one attached hydrogen (secondary N) is 1. The SMILES string of the molecule is CCCCCCCCc1ccc(Nc2ccc3ccccc3c2CCCCCCCC)cc1.